The van der Waals surface area contributed by atoms with Crippen LogP contribution in [-0.2, 0) is 0 Å². The van der Waals surface area contributed by atoms with E-state index in [-0.39, 0.29) is 5.92 Å². The second-order valence-corrected chi connectivity index (χ2v) is 6.68. The summed E-state index contributed by atoms with van der Waals surface area (Å²) in [7, 11) is 4.13. The van der Waals surface area contributed by atoms with Crippen LogP contribution in [-0.4, -0.2) is 37.1 Å². The minimum atomic E-state index is 0.283. The molecular formula is C19H24N5+. The minimum Gasteiger partial charge on any atom is -0.306 e. The van der Waals surface area contributed by atoms with E-state index in [4.69, 9.17) is 0 Å². The average Bonchev–Trinajstić information content (AvgIpc) is 2.93. The molecule has 0 amide bonds. The van der Waals surface area contributed by atoms with Gasteiger partial charge in [0.15, 0.2) is 0 Å². The number of H-pyrrole nitrogens is 1. The fourth-order valence-electron chi connectivity index (χ4n) is 3.03. The number of likely N-dealkylation sites (N-methyl/N-ethyl adjacent to an activating group) is 1. The van der Waals surface area contributed by atoms with Crippen LogP contribution in [0.15, 0.2) is 30.3 Å². The Hall–Kier alpha value is -2.58. The summed E-state index contributed by atoms with van der Waals surface area (Å²) in [4.78, 5) is 5.57. The maximum absolute atomic E-state index is 9.72. The number of anilines is 1. The highest BCUT2D eigenvalue weighted by Crippen LogP contribution is 2.25. The van der Waals surface area contributed by atoms with Gasteiger partial charge in [-0.2, -0.15) is 9.66 Å². The van der Waals surface area contributed by atoms with Crippen LogP contribution in [0.3, 0.4) is 0 Å². The third-order valence-corrected chi connectivity index (χ3v) is 4.28. The van der Waals surface area contributed by atoms with Crippen molar-refractivity contribution in [2.45, 2.75) is 19.8 Å². The molecule has 0 fully saturated rings. The fraction of sp³-hybridized carbons (Fsp3) is 0.368. The van der Waals surface area contributed by atoms with Crippen LogP contribution in [0, 0.1) is 11.3 Å². The number of hydrogen-bond acceptors (Lipinski definition) is 3. The molecule has 0 bridgehead atoms. The monoisotopic (exact) mass is 322 g/mol. The Kier molecular flexibility index (Phi) is 4.41. The zero-order valence-electron chi connectivity index (χ0n) is 14.7. The molecule has 3 rings (SSSR count). The number of pyridine rings is 1. The molecule has 124 valence electrons. The summed E-state index contributed by atoms with van der Waals surface area (Å²) in [6.07, 6.45) is 0. The molecule has 5 heteroatoms. The van der Waals surface area contributed by atoms with Crippen LogP contribution in [0.1, 0.15) is 30.9 Å². The third kappa shape index (κ3) is 2.81. The molecule has 24 heavy (non-hydrogen) atoms. The first kappa shape index (κ1) is 16.3. The van der Waals surface area contributed by atoms with Crippen molar-refractivity contribution in [1.82, 2.24) is 9.88 Å². The molecule has 0 atom stereocenters. The van der Waals surface area contributed by atoms with Crippen molar-refractivity contribution in [2.24, 2.45) is 0 Å². The summed E-state index contributed by atoms with van der Waals surface area (Å²) in [6, 6.07) is 12.7. The smallest absolute Gasteiger partial charge is 0.250 e. The topological polar surface area (TPSA) is 58.9 Å². The molecule has 0 aliphatic heterocycles. The number of rotatable bonds is 5. The molecule has 3 aromatic rings. The number of nitrogens with one attached hydrogen (secondary N) is 2. The Bertz CT molecular complexity index is 915. The summed E-state index contributed by atoms with van der Waals surface area (Å²) < 4.78 is 2.12. The number of imidazole rings is 1. The van der Waals surface area contributed by atoms with Gasteiger partial charge >= 0.3 is 0 Å². The molecule has 0 spiro atoms. The van der Waals surface area contributed by atoms with Crippen molar-refractivity contribution in [3.8, 4) is 6.07 Å². The van der Waals surface area contributed by atoms with Crippen molar-refractivity contribution in [2.75, 3.05) is 32.5 Å². The number of fused-ring (bicyclic) bond motifs is 3. The first-order valence-corrected chi connectivity index (χ1v) is 8.31. The molecule has 5 nitrogen and oxygen atoms in total. The van der Waals surface area contributed by atoms with Gasteiger partial charge in [-0.15, -0.1) is 0 Å². The third-order valence-electron chi connectivity index (χ3n) is 4.28. The molecule has 2 N–H and O–H groups in total. The molecule has 1 aromatic carbocycles. The highest BCUT2D eigenvalue weighted by molar-refractivity contribution is 5.77. The SMILES string of the molecule is CC(C)c1cc(NCCN(C)C)[n+]2c([nH]c3ccccc32)c1C#N. The molecular weight excluding hydrogens is 298 g/mol. The predicted octanol–water partition coefficient (Wildman–Crippen LogP) is 2.88. The standard InChI is InChI=1S/C19H23N5/c1-13(2)14-11-18(21-9-10-23(3)4)24-17-8-6-5-7-16(17)22-19(24)15(14)12-20/h5-8,11,13H,9-10H2,1-4H3,(H,21,22)/p+1. The second-order valence-electron chi connectivity index (χ2n) is 6.68. The van der Waals surface area contributed by atoms with Gasteiger partial charge in [-0.1, -0.05) is 26.0 Å². The lowest BCUT2D eigenvalue weighted by atomic mass is 9.99. The lowest BCUT2D eigenvalue weighted by molar-refractivity contribution is -0.465. The molecule has 0 unspecified atom stereocenters. The van der Waals surface area contributed by atoms with Gasteiger partial charge in [0, 0.05) is 12.6 Å². The van der Waals surface area contributed by atoms with Crippen molar-refractivity contribution in [3.63, 3.8) is 0 Å². The highest BCUT2D eigenvalue weighted by atomic mass is 15.1. The summed E-state index contributed by atoms with van der Waals surface area (Å²) in [5, 5.41) is 13.3. The number of hydrogen-bond donors (Lipinski definition) is 2. The van der Waals surface area contributed by atoms with E-state index in [1.807, 2.05) is 18.2 Å². The van der Waals surface area contributed by atoms with Gasteiger partial charge in [0.25, 0.3) is 0 Å². The molecule has 0 aliphatic carbocycles. The largest absolute Gasteiger partial charge is 0.306 e. The molecule has 2 heterocycles. The molecule has 2 aromatic heterocycles. The molecule has 0 radical (unpaired) electrons. The van der Waals surface area contributed by atoms with E-state index >= 15 is 0 Å². The van der Waals surface area contributed by atoms with E-state index < -0.39 is 0 Å². The first-order valence-electron chi connectivity index (χ1n) is 8.31. The van der Waals surface area contributed by atoms with E-state index in [0.29, 0.717) is 0 Å². The van der Waals surface area contributed by atoms with Crippen molar-refractivity contribution in [3.05, 3.63) is 41.5 Å². The number of nitrogens with zero attached hydrogens (tertiary/aromatic N) is 3. The number of para-hydroxylation sites is 2. The van der Waals surface area contributed by atoms with E-state index in [1.165, 1.54) is 0 Å². The average molecular weight is 322 g/mol. The van der Waals surface area contributed by atoms with Crippen molar-refractivity contribution < 1.29 is 4.40 Å². The Morgan fingerprint density at radius 2 is 2.04 bits per heavy atom. The fourth-order valence-corrected chi connectivity index (χ4v) is 3.03. The summed E-state index contributed by atoms with van der Waals surface area (Å²) in [5.41, 5.74) is 4.75. The van der Waals surface area contributed by atoms with Gasteiger partial charge in [0.1, 0.15) is 22.7 Å². The van der Waals surface area contributed by atoms with Crippen LogP contribution < -0.4 is 9.72 Å². The number of benzene rings is 1. The lowest BCUT2D eigenvalue weighted by Gasteiger charge is -2.12. The first-order chi connectivity index (χ1) is 11.5. The maximum Gasteiger partial charge on any atom is 0.250 e. The minimum absolute atomic E-state index is 0.283. The Labute approximate surface area is 142 Å². The molecule has 0 saturated heterocycles. The lowest BCUT2D eigenvalue weighted by Crippen LogP contribution is -2.30. The Morgan fingerprint density at radius 3 is 2.71 bits per heavy atom. The number of nitriles is 1. The van der Waals surface area contributed by atoms with Crippen LogP contribution in [0.25, 0.3) is 16.7 Å². The number of aromatic amines is 1. The summed E-state index contributed by atoms with van der Waals surface area (Å²) in [5.74, 6) is 1.30. The zero-order chi connectivity index (χ0) is 17.3. The van der Waals surface area contributed by atoms with Crippen LogP contribution in [0.4, 0.5) is 5.82 Å². The van der Waals surface area contributed by atoms with Crippen LogP contribution >= 0.6 is 0 Å². The highest BCUT2D eigenvalue weighted by Gasteiger charge is 2.22. The normalized spacial score (nSPS) is 11.5. The van der Waals surface area contributed by atoms with Crippen molar-refractivity contribution >= 4 is 22.5 Å². The van der Waals surface area contributed by atoms with Gasteiger partial charge in [0.05, 0.1) is 6.54 Å². The van der Waals surface area contributed by atoms with E-state index in [1.54, 1.807) is 0 Å². The maximum atomic E-state index is 9.72. The quantitative estimate of drug-likeness (QED) is 0.710. The Morgan fingerprint density at radius 1 is 1.29 bits per heavy atom. The van der Waals surface area contributed by atoms with Gasteiger partial charge < -0.3 is 10.2 Å². The second kappa shape index (κ2) is 6.50. The van der Waals surface area contributed by atoms with E-state index in [9.17, 15) is 5.26 Å². The predicted molar refractivity (Wildman–Crippen MR) is 97.3 cm³/mol. The van der Waals surface area contributed by atoms with Gasteiger partial charge in [-0.3, -0.25) is 4.98 Å². The summed E-state index contributed by atoms with van der Waals surface area (Å²) in [6.45, 7) is 6.04. The van der Waals surface area contributed by atoms with Gasteiger partial charge in [-0.05, 0) is 37.7 Å². The van der Waals surface area contributed by atoms with E-state index in [2.05, 4.69) is 65.7 Å². The Balaban J connectivity index is 2.25. The van der Waals surface area contributed by atoms with Crippen molar-refractivity contribution in [1.29, 1.82) is 5.26 Å². The van der Waals surface area contributed by atoms with Crippen LogP contribution in [0.5, 0.6) is 0 Å². The van der Waals surface area contributed by atoms with E-state index in [0.717, 1.165) is 46.7 Å². The zero-order valence-corrected chi connectivity index (χ0v) is 14.7. The van der Waals surface area contributed by atoms with Gasteiger partial charge in [-0.25, -0.2) is 0 Å². The number of aromatic nitrogens is 2. The molecule has 0 saturated carbocycles. The summed E-state index contributed by atoms with van der Waals surface area (Å²) >= 11 is 0. The van der Waals surface area contributed by atoms with Crippen LogP contribution in [0.2, 0.25) is 0 Å². The molecule has 0 aliphatic rings. The van der Waals surface area contributed by atoms with Gasteiger partial charge in [0.2, 0.25) is 11.5 Å².